The lowest BCUT2D eigenvalue weighted by Crippen LogP contribution is -2.52. The van der Waals surface area contributed by atoms with Crippen LogP contribution in [0.2, 0.25) is 0 Å². The number of carbonyl (C=O) groups excluding carboxylic acids is 1. The second kappa shape index (κ2) is 6.36. The molecule has 0 radical (unpaired) electrons. The van der Waals surface area contributed by atoms with Crippen molar-refractivity contribution in [2.75, 3.05) is 26.7 Å². The summed E-state index contributed by atoms with van der Waals surface area (Å²) in [5.74, 6) is 0.146. The molecular formula is C13H27N3O. The van der Waals surface area contributed by atoms with Crippen LogP contribution in [0.4, 0.5) is 0 Å². The first-order valence-corrected chi connectivity index (χ1v) is 6.73. The van der Waals surface area contributed by atoms with Crippen molar-refractivity contribution in [1.29, 1.82) is 0 Å². The lowest BCUT2D eigenvalue weighted by molar-refractivity contribution is -0.126. The summed E-state index contributed by atoms with van der Waals surface area (Å²) in [6, 6.07) is 0.576. The zero-order chi connectivity index (χ0) is 12.9. The summed E-state index contributed by atoms with van der Waals surface area (Å²) >= 11 is 0. The third-order valence-electron chi connectivity index (χ3n) is 3.96. The van der Waals surface area contributed by atoms with E-state index in [2.05, 4.69) is 36.4 Å². The summed E-state index contributed by atoms with van der Waals surface area (Å²) in [6.45, 7) is 8.99. The summed E-state index contributed by atoms with van der Waals surface area (Å²) in [6.07, 6.45) is 3.18. The smallest absolute Gasteiger partial charge is 0.240 e. The van der Waals surface area contributed by atoms with Crippen LogP contribution in [0.3, 0.4) is 0 Å². The summed E-state index contributed by atoms with van der Waals surface area (Å²) < 4.78 is 0. The van der Waals surface area contributed by atoms with Crippen LogP contribution < -0.4 is 10.6 Å². The predicted molar refractivity (Wildman–Crippen MR) is 71.0 cm³/mol. The SMILES string of the molecule is CCC(C)N(C)CCNC(=O)C1(C)CCCN1. The van der Waals surface area contributed by atoms with Crippen LogP contribution >= 0.6 is 0 Å². The van der Waals surface area contributed by atoms with E-state index in [4.69, 9.17) is 0 Å². The van der Waals surface area contributed by atoms with E-state index in [1.54, 1.807) is 0 Å². The average molecular weight is 241 g/mol. The van der Waals surface area contributed by atoms with Gasteiger partial charge >= 0.3 is 0 Å². The molecule has 0 aromatic heterocycles. The van der Waals surface area contributed by atoms with Gasteiger partial charge in [-0.1, -0.05) is 6.92 Å². The monoisotopic (exact) mass is 241 g/mol. The molecule has 4 heteroatoms. The maximum Gasteiger partial charge on any atom is 0.240 e. The molecule has 2 unspecified atom stereocenters. The highest BCUT2D eigenvalue weighted by Gasteiger charge is 2.35. The maximum absolute atomic E-state index is 12.0. The summed E-state index contributed by atoms with van der Waals surface area (Å²) in [7, 11) is 2.11. The van der Waals surface area contributed by atoms with Crippen LogP contribution in [0.5, 0.6) is 0 Å². The Hall–Kier alpha value is -0.610. The zero-order valence-electron chi connectivity index (χ0n) is 11.7. The molecule has 1 heterocycles. The van der Waals surface area contributed by atoms with Crippen LogP contribution in [-0.2, 0) is 4.79 Å². The molecule has 1 amide bonds. The molecule has 0 aliphatic carbocycles. The molecule has 0 spiro atoms. The number of carbonyl (C=O) groups is 1. The van der Waals surface area contributed by atoms with E-state index in [1.165, 1.54) is 0 Å². The molecule has 0 aromatic carbocycles. The number of hydrogen-bond acceptors (Lipinski definition) is 3. The molecule has 4 nitrogen and oxygen atoms in total. The second-order valence-corrected chi connectivity index (χ2v) is 5.36. The molecular weight excluding hydrogens is 214 g/mol. The number of amides is 1. The van der Waals surface area contributed by atoms with Gasteiger partial charge in [-0.3, -0.25) is 4.79 Å². The second-order valence-electron chi connectivity index (χ2n) is 5.36. The molecule has 1 saturated heterocycles. The lowest BCUT2D eigenvalue weighted by atomic mass is 9.99. The van der Waals surface area contributed by atoms with Crippen molar-refractivity contribution in [2.24, 2.45) is 0 Å². The number of hydrogen-bond donors (Lipinski definition) is 2. The van der Waals surface area contributed by atoms with E-state index < -0.39 is 0 Å². The van der Waals surface area contributed by atoms with Crippen LogP contribution in [0.25, 0.3) is 0 Å². The van der Waals surface area contributed by atoms with Crippen LogP contribution in [-0.4, -0.2) is 49.1 Å². The van der Waals surface area contributed by atoms with E-state index in [9.17, 15) is 4.79 Å². The highest BCUT2D eigenvalue weighted by atomic mass is 16.2. The molecule has 1 rings (SSSR count). The van der Waals surface area contributed by atoms with Crippen molar-refractivity contribution in [2.45, 2.75) is 51.6 Å². The van der Waals surface area contributed by atoms with Gasteiger partial charge in [0.05, 0.1) is 5.54 Å². The van der Waals surface area contributed by atoms with Crippen molar-refractivity contribution >= 4 is 5.91 Å². The third-order valence-corrected chi connectivity index (χ3v) is 3.96. The van der Waals surface area contributed by atoms with Crippen molar-refractivity contribution < 1.29 is 4.79 Å². The fourth-order valence-electron chi connectivity index (χ4n) is 2.16. The Morgan fingerprint density at radius 2 is 2.29 bits per heavy atom. The van der Waals surface area contributed by atoms with Crippen LogP contribution in [0.15, 0.2) is 0 Å². The molecule has 1 aliphatic heterocycles. The molecule has 0 bridgehead atoms. The summed E-state index contributed by atoms with van der Waals surface area (Å²) in [5, 5.41) is 6.31. The topological polar surface area (TPSA) is 44.4 Å². The van der Waals surface area contributed by atoms with Gasteiger partial charge in [0.25, 0.3) is 0 Å². The Kier molecular flexibility index (Phi) is 5.40. The Morgan fingerprint density at radius 1 is 1.59 bits per heavy atom. The van der Waals surface area contributed by atoms with Gasteiger partial charge < -0.3 is 15.5 Å². The molecule has 0 saturated carbocycles. The van der Waals surface area contributed by atoms with Crippen LogP contribution in [0, 0.1) is 0 Å². The third kappa shape index (κ3) is 3.96. The Labute approximate surface area is 105 Å². The quantitative estimate of drug-likeness (QED) is 0.728. The van der Waals surface area contributed by atoms with Gasteiger partial charge in [-0.05, 0) is 46.7 Å². The molecule has 0 aromatic rings. The van der Waals surface area contributed by atoms with E-state index in [0.29, 0.717) is 6.04 Å². The average Bonchev–Trinajstić information content (AvgIpc) is 2.76. The minimum atomic E-state index is -0.338. The number of likely N-dealkylation sites (N-methyl/N-ethyl adjacent to an activating group) is 1. The fraction of sp³-hybridized carbons (Fsp3) is 0.923. The molecule has 17 heavy (non-hydrogen) atoms. The molecule has 1 aliphatic rings. The number of nitrogens with zero attached hydrogens (tertiary/aromatic N) is 1. The molecule has 1 fully saturated rings. The van der Waals surface area contributed by atoms with Crippen molar-refractivity contribution in [3.63, 3.8) is 0 Å². The van der Waals surface area contributed by atoms with E-state index in [0.717, 1.165) is 38.9 Å². The Bertz CT molecular complexity index is 249. The largest absolute Gasteiger partial charge is 0.353 e. The van der Waals surface area contributed by atoms with Crippen molar-refractivity contribution in [3.8, 4) is 0 Å². The van der Waals surface area contributed by atoms with Crippen molar-refractivity contribution in [1.82, 2.24) is 15.5 Å². The normalized spacial score (nSPS) is 26.2. The minimum Gasteiger partial charge on any atom is -0.353 e. The van der Waals surface area contributed by atoms with Gasteiger partial charge in [0.15, 0.2) is 0 Å². The Morgan fingerprint density at radius 3 is 2.82 bits per heavy atom. The number of nitrogens with one attached hydrogen (secondary N) is 2. The molecule has 2 N–H and O–H groups in total. The molecule has 2 atom stereocenters. The van der Waals surface area contributed by atoms with Crippen molar-refractivity contribution in [3.05, 3.63) is 0 Å². The standard InChI is InChI=1S/C13H27N3O/c1-5-11(2)16(4)10-9-14-12(17)13(3)7-6-8-15-13/h11,15H,5-10H2,1-4H3,(H,14,17). The highest BCUT2D eigenvalue weighted by molar-refractivity contribution is 5.86. The van der Waals surface area contributed by atoms with Gasteiger partial charge in [-0.2, -0.15) is 0 Å². The first-order chi connectivity index (χ1) is 7.99. The zero-order valence-corrected chi connectivity index (χ0v) is 11.7. The van der Waals surface area contributed by atoms with Gasteiger partial charge in [0, 0.05) is 19.1 Å². The van der Waals surface area contributed by atoms with E-state index >= 15 is 0 Å². The predicted octanol–water partition coefficient (Wildman–Crippen LogP) is 0.975. The Balaban J connectivity index is 2.24. The van der Waals surface area contributed by atoms with Gasteiger partial charge in [0.2, 0.25) is 5.91 Å². The fourth-order valence-corrected chi connectivity index (χ4v) is 2.16. The van der Waals surface area contributed by atoms with E-state index in [-0.39, 0.29) is 11.4 Å². The van der Waals surface area contributed by atoms with Gasteiger partial charge in [-0.15, -0.1) is 0 Å². The maximum atomic E-state index is 12.0. The number of rotatable bonds is 6. The summed E-state index contributed by atoms with van der Waals surface area (Å²) in [4.78, 5) is 14.3. The highest BCUT2D eigenvalue weighted by Crippen LogP contribution is 2.18. The molecule has 100 valence electrons. The van der Waals surface area contributed by atoms with E-state index in [1.807, 2.05) is 6.92 Å². The lowest BCUT2D eigenvalue weighted by Gasteiger charge is -2.26. The van der Waals surface area contributed by atoms with Gasteiger partial charge in [0.1, 0.15) is 0 Å². The minimum absolute atomic E-state index is 0.146. The first kappa shape index (κ1) is 14.5. The van der Waals surface area contributed by atoms with Gasteiger partial charge in [-0.25, -0.2) is 0 Å². The van der Waals surface area contributed by atoms with Crippen LogP contribution in [0.1, 0.15) is 40.0 Å². The summed E-state index contributed by atoms with van der Waals surface area (Å²) in [5.41, 5.74) is -0.338. The first-order valence-electron chi connectivity index (χ1n) is 6.73.